The van der Waals surface area contributed by atoms with Crippen molar-refractivity contribution in [3.63, 3.8) is 0 Å². The standard InChI is InChI=1S/C9H11N3O2/c1-12-7-5-9(14-3)8(13-2)4-6(7)10-11-12/h4-5H,1-3H3. The Bertz CT molecular complexity index is 464. The fraction of sp³-hybridized carbons (Fsp3) is 0.333. The molecule has 14 heavy (non-hydrogen) atoms. The van der Waals surface area contributed by atoms with Gasteiger partial charge in [-0.2, -0.15) is 0 Å². The van der Waals surface area contributed by atoms with Crippen molar-refractivity contribution < 1.29 is 9.47 Å². The van der Waals surface area contributed by atoms with E-state index >= 15 is 0 Å². The van der Waals surface area contributed by atoms with Crippen molar-refractivity contribution in [1.82, 2.24) is 15.0 Å². The van der Waals surface area contributed by atoms with Crippen molar-refractivity contribution in [3.8, 4) is 11.5 Å². The Morgan fingerprint density at radius 1 is 1.14 bits per heavy atom. The van der Waals surface area contributed by atoms with Gasteiger partial charge in [0, 0.05) is 19.2 Å². The zero-order chi connectivity index (χ0) is 10.1. The van der Waals surface area contributed by atoms with Gasteiger partial charge in [-0.1, -0.05) is 5.21 Å². The third kappa shape index (κ3) is 1.17. The minimum atomic E-state index is 0.667. The number of methoxy groups -OCH3 is 2. The molecule has 2 aromatic rings. The van der Waals surface area contributed by atoms with Crippen LogP contribution in [0.5, 0.6) is 11.5 Å². The maximum atomic E-state index is 5.17. The van der Waals surface area contributed by atoms with E-state index in [-0.39, 0.29) is 0 Å². The Hall–Kier alpha value is -1.78. The van der Waals surface area contributed by atoms with Crippen LogP contribution in [0.3, 0.4) is 0 Å². The summed E-state index contributed by atoms with van der Waals surface area (Å²) in [6.45, 7) is 0. The molecule has 5 heteroatoms. The van der Waals surface area contributed by atoms with E-state index in [2.05, 4.69) is 10.3 Å². The van der Waals surface area contributed by atoms with Crippen LogP contribution in [0, 0.1) is 0 Å². The second-order valence-corrected chi connectivity index (χ2v) is 2.91. The normalized spacial score (nSPS) is 10.5. The minimum absolute atomic E-state index is 0.667. The molecule has 0 N–H and O–H groups in total. The second kappa shape index (κ2) is 3.17. The average Bonchev–Trinajstić information content (AvgIpc) is 2.58. The van der Waals surface area contributed by atoms with E-state index in [9.17, 15) is 0 Å². The van der Waals surface area contributed by atoms with Gasteiger partial charge in [0.1, 0.15) is 5.52 Å². The molecule has 0 aliphatic carbocycles. The minimum Gasteiger partial charge on any atom is -0.493 e. The lowest BCUT2D eigenvalue weighted by Gasteiger charge is -2.06. The molecule has 0 saturated carbocycles. The molecule has 1 heterocycles. The van der Waals surface area contributed by atoms with E-state index < -0.39 is 0 Å². The summed E-state index contributed by atoms with van der Waals surface area (Å²) in [6.07, 6.45) is 0. The van der Waals surface area contributed by atoms with Crippen LogP contribution in [0.2, 0.25) is 0 Å². The first-order chi connectivity index (χ1) is 6.76. The van der Waals surface area contributed by atoms with Crippen LogP contribution in [0.4, 0.5) is 0 Å². The van der Waals surface area contributed by atoms with Gasteiger partial charge in [-0.15, -0.1) is 5.10 Å². The summed E-state index contributed by atoms with van der Waals surface area (Å²) < 4.78 is 12.0. The Kier molecular flexibility index (Phi) is 1.99. The van der Waals surface area contributed by atoms with Gasteiger partial charge in [-0.05, 0) is 0 Å². The lowest BCUT2D eigenvalue weighted by atomic mass is 10.2. The zero-order valence-electron chi connectivity index (χ0n) is 8.31. The van der Waals surface area contributed by atoms with Crippen LogP contribution >= 0.6 is 0 Å². The summed E-state index contributed by atoms with van der Waals surface area (Å²) in [6, 6.07) is 3.66. The Balaban J connectivity index is 2.71. The van der Waals surface area contributed by atoms with E-state index in [1.807, 2.05) is 13.1 Å². The molecule has 2 rings (SSSR count). The van der Waals surface area contributed by atoms with Crippen molar-refractivity contribution >= 4 is 11.0 Å². The molecule has 0 atom stereocenters. The first-order valence-corrected chi connectivity index (χ1v) is 4.17. The summed E-state index contributed by atoms with van der Waals surface area (Å²) in [5.41, 5.74) is 1.72. The van der Waals surface area contributed by atoms with E-state index in [4.69, 9.17) is 9.47 Å². The van der Waals surface area contributed by atoms with Gasteiger partial charge in [0.05, 0.1) is 19.7 Å². The Morgan fingerprint density at radius 3 is 2.43 bits per heavy atom. The largest absolute Gasteiger partial charge is 0.493 e. The van der Waals surface area contributed by atoms with Crippen molar-refractivity contribution in [2.24, 2.45) is 7.05 Å². The molecule has 0 fully saturated rings. The molecule has 5 nitrogen and oxygen atoms in total. The van der Waals surface area contributed by atoms with Gasteiger partial charge in [0.25, 0.3) is 0 Å². The Labute approximate surface area is 81.2 Å². The molecule has 0 aliphatic rings. The highest BCUT2D eigenvalue weighted by atomic mass is 16.5. The van der Waals surface area contributed by atoms with Gasteiger partial charge in [0.2, 0.25) is 0 Å². The number of aryl methyl sites for hydroxylation is 1. The fourth-order valence-electron chi connectivity index (χ4n) is 1.36. The highest BCUT2D eigenvalue weighted by molar-refractivity contribution is 5.79. The molecular weight excluding hydrogens is 182 g/mol. The lowest BCUT2D eigenvalue weighted by Crippen LogP contribution is -1.92. The predicted molar refractivity (Wildman–Crippen MR) is 51.6 cm³/mol. The van der Waals surface area contributed by atoms with E-state index in [0.29, 0.717) is 11.5 Å². The second-order valence-electron chi connectivity index (χ2n) is 2.91. The number of fused-ring (bicyclic) bond motifs is 1. The summed E-state index contributed by atoms with van der Waals surface area (Å²) in [4.78, 5) is 0. The third-order valence-corrected chi connectivity index (χ3v) is 2.12. The molecule has 0 saturated heterocycles. The van der Waals surface area contributed by atoms with Crippen LogP contribution in [0.15, 0.2) is 12.1 Å². The number of aromatic nitrogens is 3. The van der Waals surface area contributed by atoms with Gasteiger partial charge in [0.15, 0.2) is 11.5 Å². The molecule has 1 aromatic heterocycles. The number of rotatable bonds is 2. The van der Waals surface area contributed by atoms with Crippen LogP contribution in [0.25, 0.3) is 11.0 Å². The summed E-state index contributed by atoms with van der Waals surface area (Å²) in [5.74, 6) is 1.35. The van der Waals surface area contributed by atoms with Crippen molar-refractivity contribution in [2.75, 3.05) is 14.2 Å². The maximum absolute atomic E-state index is 5.17. The molecule has 0 spiro atoms. The molecule has 0 bridgehead atoms. The Morgan fingerprint density at radius 2 is 1.79 bits per heavy atom. The summed E-state index contributed by atoms with van der Waals surface area (Å²) >= 11 is 0. The van der Waals surface area contributed by atoms with Crippen LogP contribution in [-0.2, 0) is 7.05 Å². The summed E-state index contributed by atoms with van der Waals surface area (Å²) in [7, 11) is 5.04. The fourth-order valence-corrected chi connectivity index (χ4v) is 1.36. The van der Waals surface area contributed by atoms with Crippen LogP contribution in [-0.4, -0.2) is 29.2 Å². The van der Waals surface area contributed by atoms with Gasteiger partial charge >= 0.3 is 0 Å². The first-order valence-electron chi connectivity index (χ1n) is 4.17. The quantitative estimate of drug-likeness (QED) is 0.713. The van der Waals surface area contributed by atoms with Crippen LogP contribution in [0.1, 0.15) is 0 Å². The van der Waals surface area contributed by atoms with E-state index in [0.717, 1.165) is 11.0 Å². The van der Waals surface area contributed by atoms with Crippen molar-refractivity contribution in [2.45, 2.75) is 0 Å². The highest BCUT2D eigenvalue weighted by Gasteiger charge is 2.09. The number of ether oxygens (including phenoxy) is 2. The van der Waals surface area contributed by atoms with Gasteiger partial charge in [-0.3, -0.25) is 0 Å². The predicted octanol–water partition coefficient (Wildman–Crippen LogP) is 0.985. The third-order valence-electron chi connectivity index (χ3n) is 2.12. The molecule has 0 unspecified atom stereocenters. The first kappa shape index (κ1) is 8.80. The molecule has 0 aliphatic heterocycles. The van der Waals surface area contributed by atoms with E-state index in [1.165, 1.54) is 0 Å². The molecule has 74 valence electrons. The van der Waals surface area contributed by atoms with Crippen LogP contribution < -0.4 is 9.47 Å². The molecule has 0 radical (unpaired) electrons. The number of benzene rings is 1. The lowest BCUT2D eigenvalue weighted by molar-refractivity contribution is 0.355. The molecular formula is C9H11N3O2. The number of hydrogen-bond donors (Lipinski definition) is 0. The zero-order valence-corrected chi connectivity index (χ0v) is 8.31. The van der Waals surface area contributed by atoms with Gasteiger partial charge in [-0.25, -0.2) is 4.68 Å². The topological polar surface area (TPSA) is 49.2 Å². The highest BCUT2D eigenvalue weighted by Crippen LogP contribution is 2.30. The smallest absolute Gasteiger partial charge is 0.163 e. The van der Waals surface area contributed by atoms with Gasteiger partial charge < -0.3 is 9.47 Å². The molecule has 1 aromatic carbocycles. The van der Waals surface area contributed by atoms with Crippen molar-refractivity contribution in [1.29, 1.82) is 0 Å². The SMILES string of the molecule is COc1cc2nnn(C)c2cc1OC. The van der Waals surface area contributed by atoms with E-state index in [1.54, 1.807) is 25.0 Å². The summed E-state index contributed by atoms with van der Waals surface area (Å²) in [5, 5.41) is 7.88. The number of nitrogens with zero attached hydrogens (tertiary/aromatic N) is 3. The maximum Gasteiger partial charge on any atom is 0.163 e. The average molecular weight is 193 g/mol. The molecule has 0 amide bonds. The number of hydrogen-bond acceptors (Lipinski definition) is 4. The monoisotopic (exact) mass is 193 g/mol. The van der Waals surface area contributed by atoms with Crippen molar-refractivity contribution in [3.05, 3.63) is 12.1 Å².